The number of hydrogen-bond donors (Lipinski definition) is 3. The number of rotatable bonds is 10. The van der Waals surface area contributed by atoms with Gasteiger partial charge in [0.25, 0.3) is 0 Å². The summed E-state index contributed by atoms with van der Waals surface area (Å²) in [6.07, 6.45) is 5.72. The first-order valence-electron chi connectivity index (χ1n) is 16.3. The molecule has 262 valence electrons. The van der Waals surface area contributed by atoms with E-state index in [-0.39, 0.29) is 47.1 Å². The summed E-state index contributed by atoms with van der Waals surface area (Å²) in [5.74, 6) is -1.25. The summed E-state index contributed by atoms with van der Waals surface area (Å²) in [6, 6.07) is 11.9. The molecule has 2 atom stereocenters. The van der Waals surface area contributed by atoms with E-state index in [2.05, 4.69) is 5.32 Å². The Morgan fingerprint density at radius 3 is 2.24 bits per heavy atom. The summed E-state index contributed by atoms with van der Waals surface area (Å²) >= 11 is 0. The van der Waals surface area contributed by atoms with Crippen LogP contribution in [0.15, 0.2) is 48.5 Å². The van der Waals surface area contributed by atoms with Crippen molar-refractivity contribution in [1.82, 2.24) is 5.32 Å². The Hall–Kier alpha value is -5.19. The molecular formula is C38H45NO10. The molecular weight excluding hydrogens is 630 g/mol. The number of nitrogens with one attached hydrogen (secondary N) is 1. The molecule has 0 saturated heterocycles. The van der Waals surface area contributed by atoms with Crippen LogP contribution in [-0.4, -0.2) is 62.4 Å². The first kappa shape index (κ1) is 36.6. The number of phenolic OH excluding ortho intramolecular Hbond substituents is 2. The van der Waals surface area contributed by atoms with E-state index in [9.17, 15) is 24.6 Å². The predicted molar refractivity (Wildman–Crippen MR) is 184 cm³/mol. The van der Waals surface area contributed by atoms with Crippen LogP contribution in [-0.2, 0) is 20.9 Å². The van der Waals surface area contributed by atoms with Gasteiger partial charge < -0.3 is 39.2 Å². The third-order valence-corrected chi connectivity index (χ3v) is 8.53. The molecule has 1 amide bonds. The molecule has 1 heterocycles. The van der Waals surface area contributed by atoms with E-state index in [1.807, 2.05) is 12.1 Å². The highest BCUT2D eigenvalue weighted by Crippen LogP contribution is 2.47. The molecule has 3 aromatic rings. The molecule has 1 aliphatic heterocycles. The molecule has 0 radical (unpaired) electrons. The number of benzene rings is 3. The zero-order chi connectivity index (χ0) is 35.5. The number of carbonyl (C=O) groups excluding carboxylic acids is 3. The number of amides is 1. The van der Waals surface area contributed by atoms with Gasteiger partial charge in [0.2, 0.25) is 11.7 Å². The van der Waals surface area contributed by atoms with Gasteiger partial charge in [-0.05, 0) is 79.6 Å². The monoisotopic (exact) mass is 675 g/mol. The summed E-state index contributed by atoms with van der Waals surface area (Å²) in [6.45, 7) is 1.95. The Bertz CT molecular complexity index is 1640. The van der Waals surface area contributed by atoms with Gasteiger partial charge in [-0.25, -0.2) is 4.79 Å². The number of fused-ring (bicyclic) bond motifs is 1. The van der Waals surface area contributed by atoms with Crippen LogP contribution in [0.3, 0.4) is 0 Å². The third kappa shape index (κ3) is 9.25. The van der Waals surface area contributed by atoms with Gasteiger partial charge in [0.05, 0.1) is 34.5 Å². The smallest absolute Gasteiger partial charge is 0.342 e. The van der Waals surface area contributed by atoms with Crippen molar-refractivity contribution in [3.63, 3.8) is 0 Å². The molecule has 0 spiro atoms. The first-order chi connectivity index (χ1) is 23.6. The second-order valence-electron chi connectivity index (χ2n) is 11.9. The number of ketones is 1. The molecule has 0 bridgehead atoms. The third-order valence-electron chi connectivity index (χ3n) is 8.53. The summed E-state index contributed by atoms with van der Waals surface area (Å²) in [5.41, 5.74) is 1.34. The Kier molecular flexibility index (Phi) is 12.9. The van der Waals surface area contributed by atoms with Crippen LogP contribution >= 0.6 is 0 Å². The van der Waals surface area contributed by atoms with Crippen molar-refractivity contribution < 1.29 is 48.3 Å². The lowest BCUT2D eigenvalue weighted by atomic mass is 9.84. The van der Waals surface area contributed by atoms with Gasteiger partial charge in [0.15, 0.2) is 11.5 Å². The molecule has 3 aromatic carbocycles. The van der Waals surface area contributed by atoms with Crippen LogP contribution in [0.4, 0.5) is 0 Å². The van der Waals surface area contributed by atoms with Crippen LogP contribution < -0.4 is 24.3 Å². The van der Waals surface area contributed by atoms with Crippen molar-refractivity contribution >= 4 is 23.7 Å². The number of allylic oxidation sites excluding steroid dienone is 1. The zero-order valence-electron chi connectivity index (χ0n) is 28.7. The van der Waals surface area contributed by atoms with E-state index in [0.29, 0.717) is 67.1 Å². The highest BCUT2D eigenvalue weighted by atomic mass is 16.5. The zero-order valence-corrected chi connectivity index (χ0v) is 28.7. The maximum atomic E-state index is 13.7. The fourth-order valence-corrected chi connectivity index (χ4v) is 5.91. The van der Waals surface area contributed by atoms with Gasteiger partial charge in [-0.15, -0.1) is 0 Å². The van der Waals surface area contributed by atoms with Crippen molar-refractivity contribution in [2.24, 2.45) is 0 Å². The number of aromatic hydroxyl groups is 2. The van der Waals surface area contributed by atoms with E-state index in [1.54, 1.807) is 50.5 Å². The fraction of sp³-hybridized carbons (Fsp3) is 0.395. The topological polar surface area (TPSA) is 150 Å². The Labute approximate surface area is 286 Å². The molecule has 3 N–H and O–H groups in total. The van der Waals surface area contributed by atoms with Crippen molar-refractivity contribution in [3.8, 4) is 34.5 Å². The van der Waals surface area contributed by atoms with Gasteiger partial charge in [-0.3, -0.25) is 9.59 Å². The van der Waals surface area contributed by atoms with Crippen molar-refractivity contribution in [3.05, 3.63) is 76.4 Å². The number of Topliss-reactive ketones (excluding diaryl/α,β-unsaturated/α-hetero) is 1. The van der Waals surface area contributed by atoms with Crippen LogP contribution in [0.1, 0.15) is 90.4 Å². The van der Waals surface area contributed by atoms with Crippen molar-refractivity contribution in [1.29, 1.82) is 0 Å². The molecule has 49 heavy (non-hydrogen) atoms. The molecule has 0 saturated carbocycles. The van der Waals surface area contributed by atoms with E-state index >= 15 is 0 Å². The van der Waals surface area contributed by atoms with E-state index in [0.717, 1.165) is 5.56 Å². The largest absolute Gasteiger partial charge is 0.507 e. The lowest BCUT2D eigenvalue weighted by Gasteiger charge is -2.24. The van der Waals surface area contributed by atoms with Crippen molar-refractivity contribution in [2.45, 2.75) is 70.4 Å². The SMILES string of the molecule is COc1ccc(CNC(=O)CC(c2cc(OC)c(OC)c(OC)c2)c2c(O)cc3c(c2O)C(=O)OC(C)CCCC(=O)CCCC=C3)cc1. The standard InChI is InChI=1S/C38H45NO10/c1-23-10-9-13-27(40)12-8-6-7-11-25-18-30(41)35(36(43)34(25)38(44)49-23)29(26-19-31(46-3)37(48-5)32(20-26)47-4)21-33(42)39-22-24-14-16-28(45-2)17-15-24/h7,11,14-20,23,29,41,43H,6,8-10,12-13,21-22H2,1-5H3,(H,39,42). The number of methoxy groups -OCH3 is 4. The van der Waals surface area contributed by atoms with E-state index in [4.69, 9.17) is 23.7 Å². The number of carbonyl (C=O) groups is 3. The van der Waals surface area contributed by atoms with Gasteiger partial charge in [0.1, 0.15) is 28.6 Å². The van der Waals surface area contributed by atoms with Crippen LogP contribution in [0.5, 0.6) is 34.5 Å². The lowest BCUT2D eigenvalue weighted by Crippen LogP contribution is -2.25. The summed E-state index contributed by atoms with van der Waals surface area (Å²) in [5, 5.41) is 26.3. The quantitative estimate of drug-likeness (QED) is 0.205. The Morgan fingerprint density at radius 2 is 1.61 bits per heavy atom. The normalized spacial score (nSPS) is 16.1. The number of cyclic esters (lactones) is 1. The average Bonchev–Trinajstić information content (AvgIpc) is 3.09. The summed E-state index contributed by atoms with van der Waals surface area (Å²) < 4.78 is 27.6. The molecule has 11 heteroatoms. The minimum absolute atomic E-state index is 0.0441. The predicted octanol–water partition coefficient (Wildman–Crippen LogP) is 6.45. The van der Waals surface area contributed by atoms with Crippen LogP contribution in [0.25, 0.3) is 6.08 Å². The molecule has 11 nitrogen and oxygen atoms in total. The summed E-state index contributed by atoms with van der Waals surface area (Å²) in [4.78, 5) is 39.5. The maximum absolute atomic E-state index is 13.7. The molecule has 0 aliphatic carbocycles. The number of ether oxygens (including phenoxy) is 5. The van der Waals surface area contributed by atoms with Crippen LogP contribution in [0, 0.1) is 0 Å². The average molecular weight is 676 g/mol. The molecule has 2 unspecified atom stereocenters. The Morgan fingerprint density at radius 1 is 0.939 bits per heavy atom. The van der Waals surface area contributed by atoms with Gasteiger partial charge >= 0.3 is 5.97 Å². The first-order valence-corrected chi connectivity index (χ1v) is 16.3. The second-order valence-corrected chi connectivity index (χ2v) is 11.9. The number of phenols is 2. The molecule has 1 aliphatic rings. The Balaban J connectivity index is 1.82. The summed E-state index contributed by atoms with van der Waals surface area (Å²) in [7, 11) is 5.95. The minimum atomic E-state index is -0.983. The number of hydrogen-bond acceptors (Lipinski definition) is 10. The fourth-order valence-electron chi connectivity index (χ4n) is 5.91. The lowest BCUT2D eigenvalue weighted by molar-refractivity contribution is -0.121. The molecule has 0 aromatic heterocycles. The molecule has 4 rings (SSSR count). The van der Waals surface area contributed by atoms with E-state index < -0.39 is 23.7 Å². The number of esters is 1. The van der Waals surface area contributed by atoms with Crippen molar-refractivity contribution in [2.75, 3.05) is 28.4 Å². The van der Waals surface area contributed by atoms with Gasteiger partial charge in [-0.1, -0.05) is 24.3 Å². The van der Waals surface area contributed by atoms with E-state index in [1.165, 1.54) is 27.4 Å². The maximum Gasteiger partial charge on any atom is 0.342 e. The highest BCUT2D eigenvalue weighted by Gasteiger charge is 2.32. The molecule has 0 fully saturated rings. The van der Waals surface area contributed by atoms with Crippen LogP contribution in [0.2, 0.25) is 0 Å². The van der Waals surface area contributed by atoms with Gasteiger partial charge in [-0.2, -0.15) is 0 Å². The second kappa shape index (κ2) is 17.3. The van der Waals surface area contributed by atoms with Gasteiger partial charge in [0, 0.05) is 37.3 Å². The highest BCUT2D eigenvalue weighted by molar-refractivity contribution is 5.98. The minimum Gasteiger partial charge on any atom is -0.507 e.